The van der Waals surface area contributed by atoms with Crippen LogP contribution in [0.2, 0.25) is 0 Å². The molecule has 0 aliphatic carbocycles. The van der Waals surface area contributed by atoms with E-state index in [1.165, 1.54) is 244 Å². The minimum absolute atomic E-state index is 0.245. The molecule has 17 atom stereocenters. The van der Waals surface area contributed by atoms with E-state index < -0.39 is 124 Å². The number of aliphatic hydroxyl groups excluding tert-OH is 11. The van der Waals surface area contributed by atoms with Crippen LogP contribution in [0.4, 0.5) is 0 Å². The molecule has 17 unspecified atom stereocenters. The van der Waals surface area contributed by atoms with Crippen LogP contribution in [0.25, 0.3) is 0 Å². The first-order valence-electron chi connectivity index (χ1n) is 38.6. The van der Waals surface area contributed by atoms with Crippen molar-refractivity contribution >= 4 is 5.91 Å². The van der Waals surface area contributed by atoms with Gasteiger partial charge in [0.1, 0.15) is 73.2 Å². The van der Waals surface area contributed by atoms with Gasteiger partial charge in [0.15, 0.2) is 18.9 Å². The summed E-state index contributed by atoms with van der Waals surface area (Å²) in [5.74, 6) is -0.271. The molecule has 19 nitrogen and oxygen atoms in total. The number of unbranched alkanes of at least 4 members (excludes halogenated alkanes) is 43. The molecule has 3 fully saturated rings. The molecule has 0 spiro atoms. The van der Waals surface area contributed by atoms with Crippen LogP contribution in [0, 0.1) is 0 Å². The van der Waals surface area contributed by atoms with Crippen molar-refractivity contribution in [2.45, 2.75) is 420 Å². The average molecular weight is 1340 g/mol. The second-order valence-corrected chi connectivity index (χ2v) is 27.8. The Morgan fingerprint density at radius 3 is 1.03 bits per heavy atom. The van der Waals surface area contributed by atoms with Gasteiger partial charge in [0.05, 0.1) is 38.6 Å². The molecule has 3 heterocycles. The van der Waals surface area contributed by atoms with Gasteiger partial charge in [-0.25, -0.2) is 0 Å². The van der Waals surface area contributed by atoms with Crippen LogP contribution in [0.15, 0.2) is 24.3 Å². The molecular formula is C75H141NO18. The Bertz CT molecular complexity index is 1800. The number of allylic oxidation sites excluding steroid dienone is 3. The van der Waals surface area contributed by atoms with Crippen molar-refractivity contribution in [3.63, 3.8) is 0 Å². The molecule has 554 valence electrons. The number of hydrogen-bond acceptors (Lipinski definition) is 18. The number of hydrogen-bond donors (Lipinski definition) is 12. The predicted octanol–water partition coefficient (Wildman–Crippen LogP) is 11.8. The summed E-state index contributed by atoms with van der Waals surface area (Å²) >= 11 is 0. The third-order valence-corrected chi connectivity index (χ3v) is 19.5. The fourth-order valence-electron chi connectivity index (χ4n) is 13.2. The Morgan fingerprint density at radius 1 is 0.372 bits per heavy atom. The Hall–Kier alpha value is -1.73. The number of ether oxygens (including phenoxy) is 6. The number of amides is 1. The molecule has 0 radical (unpaired) electrons. The standard InChI is InChI=1S/C75H141NO18/c1-3-5-7-9-11-13-15-17-19-21-23-25-27-28-29-31-32-34-36-38-40-42-44-46-48-50-52-59(80)58(76-63(81)53-51-49-47-45-43-41-39-37-35-33-30-26-24-22-20-18-16-14-12-10-8-6-4-2)57-89-73-69(87)66(84)71(61(55-78)91-73)94-75-70(88)67(85)72(62(56-79)92-75)93-74-68(86)65(83)64(82)60(54-77)90-74/h22,24,50,52,58-62,64-75,77-80,82-88H,3-21,23,25-49,51,53-57H2,1-2H3,(H,76,81)/b24-22-,52-50+. The normalized spacial score (nSPS) is 27.4. The first kappa shape index (κ1) is 86.5. The summed E-state index contributed by atoms with van der Waals surface area (Å²) < 4.78 is 34.4. The number of rotatable bonds is 61. The Kier molecular flexibility index (Phi) is 52.4. The highest BCUT2D eigenvalue weighted by molar-refractivity contribution is 5.76. The van der Waals surface area contributed by atoms with E-state index in [1.54, 1.807) is 6.08 Å². The quantitative estimate of drug-likeness (QED) is 0.0199. The molecule has 0 aromatic rings. The maximum atomic E-state index is 13.5. The predicted molar refractivity (Wildman–Crippen MR) is 370 cm³/mol. The highest BCUT2D eigenvalue weighted by Gasteiger charge is 2.53. The summed E-state index contributed by atoms with van der Waals surface area (Å²) in [5.41, 5.74) is 0. The summed E-state index contributed by atoms with van der Waals surface area (Å²) in [6.45, 7) is 1.78. The summed E-state index contributed by atoms with van der Waals surface area (Å²) in [6.07, 6.45) is 40.1. The summed E-state index contributed by atoms with van der Waals surface area (Å²) in [4.78, 5) is 13.5. The van der Waals surface area contributed by atoms with Gasteiger partial charge in [0, 0.05) is 6.42 Å². The molecule has 3 aliphatic heterocycles. The summed E-state index contributed by atoms with van der Waals surface area (Å²) in [5, 5.41) is 121. The first-order valence-corrected chi connectivity index (χ1v) is 38.6. The van der Waals surface area contributed by atoms with E-state index in [4.69, 9.17) is 28.4 Å². The molecular weight excluding hydrogens is 1200 g/mol. The van der Waals surface area contributed by atoms with Crippen LogP contribution in [0.5, 0.6) is 0 Å². The molecule has 3 aliphatic rings. The van der Waals surface area contributed by atoms with E-state index in [2.05, 4.69) is 31.3 Å². The van der Waals surface area contributed by atoms with E-state index in [0.717, 1.165) is 44.9 Å². The smallest absolute Gasteiger partial charge is 0.220 e. The largest absolute Gasteiger partial charge is 0.394 e. The van der Waals surface area contributed by atoms with Gasteiger partial charge >= 0.3 is 0 Å². The first-order chi connectivity index (χ1) is 45.8. The fourth-order valence-corrected chi connectivity index (χ4v) is 13.2. The Morgan fingerprint density at radius 2 is 0.670 bits per heavy atom. The van der Waals surface area contributed by atoms with Gasteiger partial charge in [-0.15, -0.1) is 0 Å². The molecule has 12 N–H and O–H groups in total. The van der Waals surface area contributed by atoms with E-state index in [0.29, 0.717) is 6.42 Å². The van der Waals surface area contributed by atoms with E-state index in [1.807, 2.05) is 6.08 Å². The van der Waals surface area contributed by atoms with Crippen LogP contribution in [-0.2, 0) is 33.2 Å². The van der Waals surface area contributed by atoms with Crippen molar-refractivity contribution in [2.75, 3.05) is 26.4 Å². The number of carbonyl (C=O) groups is 1. The van der Waals surface area contributed by atoms with Gasteiger partial charge in [0.25, 0.3) is 0 Å². The highest BCUT2D eigenvalue weighted by atomic mass is 16.8. The Labute approximate surface area is 568 Å². The second kappa shape index (κ2) is 57.0. The SMILES string of the molecule is CCCCCCCCCC/C=C\CCCCCCCCCCCCCC(=O)NC(COC1OC(CO)C(OC2OC(CO)C(OC3OC(CO)C(O)C(O)C3O)C(O)C2O)C(O)C1O)C(O)/C=C/CCCCCCCCCCCCCCCCCCCCCCCCCC. The van der Waals surface area contributed by atoms with E-state index >= 15 is 0 Å². The highest BCUT2D eigenvalue weighted by Crippen LogP contribution is 2.33. The maximum absolute atomic E-state index is 13.5. The summed E-state index contributed by atoms with van der Waals surface area (Å²) in [6, 6.07) is -0.973. The minimum atomic E-state index is -1.98. The number of aliphatic hydroxyl groups is 11. The van der Waals surface area contributed by atoms with Crippen molar-refractivity contribution in [3.05, 3.63) is 24.3 Å². The zero-order chi connectivity index (χ0) is 68.2. The van der Waals surface area contributed by atoms with Crippen LogP contribution >= 0.6 is 0 Å². The Balaban J connectivity index is 1.40. The van der Waals surface area contributed by atoms with E-state index in [-0.39, 0.29) is 18.9 Å². The van der Waals surface area contributed by atoms with Crippen LogP contribution < -0.4 is 5.32 Å². The summed E-state index contributed by atoms with van der Waals surface area (Å²) in [7, 11) is 0. The van der Waals surface area contributed by atoms with E-state index in [9.17, 15) is 61.0 Å². The van der Waals surface area contributed by atoms with Crippen molar-refractivity contribution in [3.8, 4) is 0 Å². The topological polar surface area (TPSA) is 307 Å². The molecule has 0 bridgehead atoms. The second-order valence-electron chi connectivity index (χ2n) is 27.8. The lowest BCUT2D eigenvalue weighted by molar-refractivity contribution is -0.379. The van der Waals surface area contributed by atoms with Crippen LogP contribution in [0.3, 0.4) is 0 Å². The third-order valence-electron chi connectivity index (χ3n) is 19.5. The van der Waals surface area contributed by atoms with Crippen LogP contribution in [0.1, 0.15) is 316 Å². The monoisotopic (exact) mass is 1340 g/mol. The number of nitrogens with one attached hydrogen (secondary N) is 1. The lowest BCUT2D eigenvalue weighted by Crippen LogP contribution is -2.66. The zero-order valence-electron chi connectivity index (χ0n) is 59.0. The molecule has 0 aromatic carbocycles. The van der Waals surface area contributed by atoms with Crippen molar-refractivity contribution < 1.29 is 89.4 Å². The molecule has 19 heteroatoms. The molecule has 3 rings (SSSR count). The lowest BCUT2D eigenvalue weighted by Gasteiger charge is -2.48. The zero-order valence-corrected chi connectivity index (χ0v) is 59.0. The van der Waals surface area contributed by atoms with Gasteiger partial charge in [0.2, 0.25) is 5.91 Å². The molecule has 0 saturated carbocycles. The van der Waals surface area contributed by atoms with Crippen LogP contribution in [-0.4, -0.2) is 193 Å². The van der Waals surface area contributed by atoms with Gasteiger partial charge in [-0.2, -0.15) is 0 Å². The molecule has 1 amide bonds. The minimum Gasteiger partial charge on any atom is -0.394 e. The third kappa shape index (κ3) is 37.6. The van der Waals surface area contributed by atoms with Crippen molar-refractivity contribution in [1.82, 2.24) is 5.32 Å². The van der Waals surface area contributed by atoms with Gasteiger partial charge in [-0.05, 0) is 44.9 Å². The van der Waals surface area contributed by atoms with Gasteiger partial charge < -0.3 is 89.9 Å². The van der Waals surface area contributed by atoms with Gasteiger partial charge in [-0.3, -0.25) is 4.79 Å². The average Bonchev–Trinajstić information content (AvgIpc) is 0.787. The molecule has 3 saturated heterocycles. The maximum Gasteiger partial charge on any atom is 0.220 e. The molecule has 0 aromatic heterocycles. The lowest BCUT2D eigenvalue weighted by atomic mass is 9.96. The van der Waals surface area contributed by atoms with Crippen molar-refractivity contribution in [1.29, 1.82) is 0 Å². The van der Waals surface area contributed by atoms with Gasteiger partial charge in [-0.1, -0.05) is 289 Å². The van der Waals surface area contributed by atoms with Crippen molar-refractivity contribution in [2.24, 2.45) is 0 Å². The fraction of sp³-hybridized carbons (Fsp3) is 0.933. The number of carbonyl (C=O) groups excluding carboxylic acids is 1. The molecule has 94 heavy (non-hydrogen) atoms.